The summed E-state index contributed by atoms with van der Waals surface area (Å²) in [5.41, 5.74) is 4.63. The SMILES string of the molecule is Cl.Cn1nc(-c2cncnc2)c2c1CNCC2. The summed E-state index contributed by atoms with van der Waals surface area (Å²) in [7, 11) is 1.99. The molecule has 0 saturated heterocycles. The maximum Gasteiger partial charge on any atom is 0.115 e. The zero-order valence-corrected chi connectivity index (χ0v) is 10.4. The van der Waals surface area contributed by atoms with Gasteiger partial charge in [0.25, 0.3) is 0 Å². The van der Waals surface area contributed by atoms with Gasteiger partial charge in [-0.25, -0.2) is 9.97 Å². The highest BCUT2D eigenvalue weighted by molar-refractivity contribution is 5.85. The Kier molecular flexibility index (Phi) is 3.40. The van der Waals surface area contributed by atoms with Crippen LogP contribution < -0.4 is 5.32 Å². The second-order valence-corrected chi connectivity index (χ2v) is 3.95. The summed E-state index contributed by atoms with van der Waals surface area (Å²) in [5, 5.41) is 7.91. The molecule has 17 heavy (non-hydrogen) atoms. The number of halogens is 1. The third-order valence-electron chi connectivity index (χ3n) is 2.95. The lowest BCUT2D eigenvalue weighted by Gasteiger charge is -2.14. The molecular weight excluding hydrogens is 238 g/mol. The van der Waals surface area contributed by atoms with Crippen molar-refractivity contribution in [2.75, 3.05) is 6.54 Å². The van der Waals surface area contributed by atoms with Gasteiger partial charge < -0.3 is 5.32 Å². The van der Waals surface area contributed by atoms with Crippen LogP contribution in [0.1, 0.15) is 11.3 Å². The van der Waals surface area contributed by atoms with Crippen LogP contribution in [0.25, 0.3) is 11.3 Å². The molecule has 0 bridgehead atoms. The van der Waals surface area contributed by atoms with Gasteiger partial charge in [0, 0.05) is 37.1 Å². The molecule has 0 radical (unpaired) electrons. The summed E-state index contributed by atoms with van der Waals surface area (Å²) in [6, 6.07) is 0. The van der Waals surface area contributed by atoms with Gasteiger partial charge >= 0.3 is 0 Å². The van der Waals surface area contributed by atoms with E-state index in [2.05, 4.69) is 20.4 Å². The molecule has 0 saturated carbocycles. The van der Waals surface area contributed by atoms with Gasteiger partial charge in [-0.15, -0.1) is 12.4 Å². The van der Waals surface area contributed by atoms with Crippen LogP contribution in [0.5, 0.6) is 0 Å². The summed E-state index contributed by atoms with van der Waals surface area (Å²) < 4.78 is 1.95. The highest BCUT2D eigenvalue weighted by atomic mass is 35.5. The van der Waals surface area contributed by atoms with Crippen LogP contribution in [-0.2, 0) is 20.0 Å². The highest BCUT2D eigenvalue weighted by Gasteiger charge is 2.19. The summed E-state index contributed by atoms with van der Waals surface area (Å²) in [4.78, 5) is 8.09. The van der Waals surface area contributed by atoms with E-state index in [1.807, 2.05) is 24.1 Å². The molecule has 2 aromatic heterocycles. The van der Waals surface area contributed by atoms with E-state index in [1.165, 1.54) is 11.3 Å². The Bertz CT molecular complexity index is 508. The minimum Gasteiger partial charge on any atom is -0.311 e. The lowest BCUT2D eigenvalue weighted by molar-refractivity contribution is 0.593. The number of hydrogen-bond acceptors (Lipinski definition) is 4. The Morgan fingerprint density at radius 1 is 1.29 bits per heavy atom. The van der Waals surface area contributed by atoms with E-state index in [0.717, 1.165) is 30.8 Å². The van der Waals surface area contributed by atoms with Crippen molar-refractivity contribution in [3.63, 3.8) is 0 Å². The molecule has 1 N–H and O–H groups in total. The van der Waals surface area contributed by atoms with Gasteiger partial charge in [0.05, 0.1) is 11.4 Å². The Balaban J connectivity index is 0.00000108. The third kappa shape index (κ3) is 2.03. The van der Waals surface area contributed by atoms with Crippen molar-refractivity contribution < 1.29 is 0 Å². The fourth-order valence-corrected chi connectivity index (χ4v) is 2.16. The van der Waals surface area contributed by atoms with Gasteiger partial charge in [0.1, 0.15) is 6.33 Å². The van der Waals surface area contributed by atoms with E-state index in [-0.39, 0.29) is 12.4 Å². The smallest absolute Gasteiger partial charge is 0.115 e. The topological polar surface area (TPSA) is 55.6 Å². The van der Waals surface area contributed by atoms with Crippen molar-refractivity contribution in [2.45, 2.75) is 13.0 Å². The van der Waals surface area contributed by atoms with Crippen LogP contribution in [0, 0.1) is 0 Å². The first-order valence-corrected chi connectivity index (χ1v) is 5.37. The van der Waals surface area contributed by atoms with Crippen molar-refractivity contribution >= 4 is 12.4 Å². The molecule has 1 aliphatic heterocycles. The van der Waals surface area contributed by atoms with Crippen molar-refractivity contribution in [2.24, 2.45) is 7.05 Å². The average Bonchev–Trinajstić information content (AvgIpc) is 2.69. The first-order valence-electron chi connectivity index (χ1n) is 5.37. The van der Waals surface area contributed by atoms with Gasteiger partial charge in [0.2, 0.25) is 0 Å². The zero-order valence-electron chi connectivity index (χ0n) is 9.55. The number of hydrogen-bond donors (Lipinski definition) is 1. The number of nitrogens with zero attached hydrogens (tertiary/aromatic N) is 4. The molecule has 0 amide bonds. The Hall–Kier alpha value is -1.46. The fraction of sp³-hybridized carbons (Fsp3) is 0.364. The summed E-state index contributed by atoms with van der Waals surface area (Å²) >= 11 is 0. The molecule has 0 aliphatic carbocycles. The maximum atomic E-state index is 4.56. The quantitative estimate of drug-likeness (QED) is 0.820. The maximum absolute atomic E-state index is 4.56. The van der Waals surface area contributed by atoms with Crippen LogP contribution >= 0.6 is 12.4 Å². The minimum atomic E-state index is 0. The highest BCUT2D eigenvalue weighted by Crippen LogP contribution is 2.25. The number of aromatic nitrogens is 4. The molecule has 0 fully saturated rings. The van der Waals surface area contributed by atoms with Crippen LogP contribution in [0.3, 0.4) is 0 Å². The van der Waals surface area contributed by atoms with Gasteiger partial charge in [-0.2, -0.15) is 5.10 Å². The van der Waals surface area contributed by atoms with Crippen LogP contribution in [0.15, 0.2) is 18.7 Å². The number of aryl methyl sites for hydroxylation is 1. The van der Waals surface area contributed by atoms with Gasteiger partial charge in [-0.3, -0.25) is 4.68 Å². The minimum absolute atomic E-state index is 0. The van der Waals surface area contributed by atoms with Crippen molar-refractivity contribution in [1.29, 1.82) is 0 Å². The molecule has 0 unspecified atom stereocenters. The Labute approximate surface area is 106 Å². The van der Waals surface area contributed by atoms with E-state index < -0.39 is 0 Å². The molecular formula is C11H14ClN5. The van der Waals surface area contributed by atoms with Crippen LogP contribution in [0.4, 0.5) is 0 Å². The predicted molar refractivity (Wildman–Crippen MR) is 66.9 cm³/mol. The Morgan fingerprint density at radius 3 is 2.82 bits per heavy atom. The normalized spacial score (nSPS) is 13.9. The number of fused-ring (bicyclic) bond motifs is 1. The second-order valence-electron chi connectivity index (χ2n) is 3.95. The van der Waals surface area contributed by atoms with Gasteiger partial charge in [-0.05, 0) is 13.0 Å². The van der Waals surface area contributed by atoms with Crippen LogP contribution in [0.2, 0.25) is 0 Å². The van der Waals surface area contributed by atoms with Crippen molar-refractivity contribution in [3.05, 3.63) is 30.0 Å². The molecule has 1 aliphatic rings. The van der Waals surface area contributed by atoms with E-state index in [1.54, 1.807) is 6.33 Å². The van der Waals surface area contributed by atoms with E-state index >= 15 is 0 Å². The average molecular weight is 252 g/mol. The molecule has 0 atom stereocenters. The first-order chi connectivity index (χ1) is 7.86. The van der Waals surface area contributed by atoms with E-state index in [0.29, 0.717) is 0 Å². The lowest BCUT2D eigenvalue weighted by atomic mass is 10.0. The first kappa shape index (κ1) is 12.0. The lowest BCUT2D eigenvalue weighted by Crippen LogP contribution is -2.24. The molecule has 0 aromatic carbocycles. The standard InChI is InChI=1S/C11H13N5.ClH/c1-16-10-6-12-3-2-9(10)11(15-16)8-4-13-7-14-5-8;/h4-5,7,12H,2-3,6H2,1H3;1H. The predicted octanol–water partition coefficient (Wildman–Crippen LogP) is 0.945. The van der Waals surface area contributed by atoms with E-state index in [4.69, 9.17) is 0 Å². The summed E-state index contributed by atoms with van der Waals surface area (Å²) in [5.74, 6) is 0. The van der Waals surface area contributed by atoms with Crippen LogP contribution in [-0.4, -0.2) is 26.3 Å². The van der Waals surface area contributed by atoms with Crippen molar-refractivity contribution in [3.8, 4) is 11.3 Å². The molecule has 0 spiro atoms. The molecule has 6 heteroatoms. The molecule has 2 aromatic rings. The monoisotopic (exact) mass is 251 g/mol. The number of nitrogens with one attached hydrogen (secondary N) is 1. The fourth-order valence-electron chi connectivity index (χ4n) is 2.16. The zero-order chi connectivity index (χ0) is 11.0. The van der Waals surface area contributed by atoms with Crippen molar-refractivity contribution in [1.82, 2.24) is 25.1 Å². The molecule has 90 valence electrons. The number of rotatable bonds is 1. The second kappa shape index (κ2) is 4.81. The van der Waals surface area contributed by atoms with E-state index in [9.17, 15) is 0 Å². The third-order valence-corrected chi connectivity index (χ3v) is 2.95. The molecule has 3 rings (SSSR count). The van der Waals surface area contributed by atoms with Gasteiger partial charge in [0.15, 0.2) is 0 Å². The summed E-state index contributed by atoms with van der Waals surface area (Å²) in [6.07, 6.45) is 6.20. The van der Waals surface area contributed by atoms with Gasteiger partial charge in [-0.1, -0.05) is 0 Å². The molecule has 3 heterocycles. The largest absolute Gasteiger partial charge is 0.311 e. The molecule has 5 nitrogen and oxygen atoms in total. The Morgan fingerprint density at radius 2 is 2.06 bits per heavy atom. The summed E-state index contributed by atoms with van der Waals surface area (Å²) in [6.45, 7) is 1.91.